The molecular weight excluding hydrogens is 210 g/mol. The molecule has 0 saturated carbocycles. The number of nitrogens with one attached hydrogen (secondary N) is 2. The molecule has 0 fully saturated rings. The normalized spacial score (nSPS) is 10.0. The van der Waals surface area contributed by atoms with Gasteiger partial charge >= 0.3 is 0 Å². The molecular formula is C9H9N5O2. The van der Waals surface area contributed by atoms with Crippen molar-refractivity contribution in [3.8, 4) is 0 Å². The van der Waals surface area contributed by atoms with Crippen LogP contribution in [0.25, 0.3) is 0 Å². The Kier molecular flexibility index (Phi) is 2.77. The number of hydrogen-bond donors (Lipinski definition) is 2. The lowest BCUT2D eigenvalue weighted by Gasteiger charge is -2.01. The zero-order valence-corrected chi connectivity index (χ0v) is 8.25. The van der Waals surface area contributed by atoms with E-state index in [1.165, 1.54) is 18.5 Å². The van der Waals surface area contributed by atoms with E-state index < -0.39 is 4.92 Å². The van der Waals surface area contributed by atoms with Crippen molar-refractivity contribution in [3.63, 3.8) is 0 Å². The number of aromatic amines is 1. The molecule has 0 bridgehead atoms. The molecule has 1 aromatic heterocycles. The van der Waals surface area contributed by atoms with E-state index in [1.54, 1.807) is 12.1 Å². The summed E-state index contributed by atoms with van der Waals surface area (Å²) >= 11 is 0. The summed E-state index contributed by atoms with van der Waals surface area (Å²) in [7, 11) is 0. The van der Waals surface area contributed by atoms with Gasteiger partial charge in [-0.25, -0.2) is 10.1 Å². The molecule has 2 aromatic rings. The van der Waals surface area contributed by atoms with Gasteiger partial charge in [-0.05, 0) is 5.56 Å². The lowest BCUT2D eigenvalue weighted by Crippen LogP contribution is -2.01. The van der Waals surface area contributed by atoms with E-state index in [1.807, 2.05) is 0 Å². The smallest absolute Gasteiger partial charge is 0.269 e. The number of aromatic nitrogens is 3. The maximum Gasteiger partial charge on any atom is 0.269 e. The Morgan fingerprint density at radius 1 is 1.38 bits per heavy atom. The maximum atomic E-state index is 10.4. The van der Waals surface area contributed by atoms with Crippen molar-refractivity contribution in [2.75, 3.05) is 5.32 Å². The van der Waals surface area contributed by atoms with Crippen LogP contribution in [-0.2, 0) is 6.54 Å². The zero-order chi connectivity index (χ0) is 11.4. The number of rotatable bonds is 4. The molecule has 0 aliphatic rings. The highest BCUT2D eigenvalue weighted by Gasteiger charge is 2.03. The third-order valence-electron chi connectivity index (χ3n) is 2.02. The van der Waals surface area contributed by atoms with Gasteiger partial charge in [-0.15, -0.1) is 0 Å². The van der Waals surface area contributed by atoms with Crippen LogP contribution in [0.3, 0.4) is 0 Å². The second-order valence-electron chi connectivity index (χ2n) is 3.11. The minimum Gasteiger partial charge on any atom is -0.351 e. The molecule has 7 nitrogen and oxygen atoms in total. The third kappa shape index (κ3) is 2.32. The number of hydrogen-bond acceptors (Lipinski definition) is 5. The molecule has 16 heavy (non-hydrogen) atoms. The molecule has 0 unspecified atom stereocenters. The first kappa shape index (κ1) is 10.1. The van der Waals surface area contributed by atoms with E-state index in [-0.39, 0.29) is 5.69 Å². The van der Waals surface area contributed by atoms with Crippen LogP contribution < -0.4 is 5.32 Å². The first-order valence-electron chi connectivity index (χ1n) is 4.58. The van der Waals surface area contributed by atoms with Crippen molar-refractivity contribution in [1.82, 2.24) is 15.2 Å². The fraction of sp³-hybridized carbons (Fsp3) is 0.111. The summed E-state index contributed by atoms with van der Waals surface area (Å²) < 4.78 is 0. The largest absolute Gasteiger partial charge is 0.351 e. The SMILES string of the molecule is O=[N+]([O-])c1ccc(CNc2ncn[nH]2)cc1. The molecule has 0 aliphatic heterocycles. The van der Waals surface area contributed by atoms with Crippen LogP contribution >= 0.6 is 0 Å². The van der Waals surface area contributed by atoms with E-state index >= 15 is 0 Å². The third-order valence-corrected chi connectivity index (χ3v) is 2.02. The maximum absolute atomic E-state index is 10.4. The zero-order valence-electron chi connectivity index (χ0n) is 8.25. The Hall–Kier alpha value is -2.44. The molecule has 2 rings (SSSR count). The van der Waals surface area contributed by atoms with Crippen molar-refractivity contribution in [2.45, 2.75) is 6.54 Å². The summed E-state index contributed by atoms with van der Waals surface area (Å²) in [5.41, 5.74) is 1.02. The van der Waals surface area contributed by atoms with E-state index in [0.717, 1.165) is 5.56 Å². The summed E-state index contributed by atoms with van der Waals surface area (Å²) in [6.07, 6.45) is 1.40. The van der Waals surface area contributed by atoms with E-state index in [2.05, 4.69) is 20.5 Å². The lowest BCUT2D eigenvalue weighted by molar-refractivity contribution is -0.384. The molecule has 2 N–H and O–H groups in total. The average molecular weight is 219 g/mol. The van der Waals surface area contributed by atoms with Gasteiger partial charge in [0.05, 0.1) is 4.92 Å². The van der Waals surface area contributed by atoms with Crippen LogP contribution in [0.2, 0.25) is 0 Å². The molecule has 0 amide bonds. The summed E-state index contributed by atoms with van der Waals surface area (Å²) in [4.78, 5) is 13.9. The lowest BCUT2D eigenvalue weighted by atomic mass is 10.2. The molecule has 1 aromatic carbocycles. The van der Waals surface area contributed by atoms with E-state index in [0.29, 0.717) is 12.5 Å². The fourth-order valence-electron chi connectivity index (χ4n) is 1.21. The highest BCUT2D eigenvalue weighted by atomic mass is 16.6. The summed E-state index contributed by atoms with van der Waals surface area (Å²) in [5, 5.41) is 19.8. The Balaban J connectivity index is 1.98. The molecule has 7 heteroatoms. The number of benzene rings is 1. The molecule has 1 heterocycles. The minimum atomic E-state index is -0.423. The fourth-order valence-corrected chi connectivity index (χ4v) is 1.21. The standard InChI is InChI=1S/C9H9N5O2/c15-14(16)8-3-1-7(2-4-8)5-10-9-11-6-12-13-9/h1-4,6H,5H2,(H2,10,11,12,13). The van der Waals surface area contributed by atoms with Gasteiger partial charge in [-0.1, -0.05) is 12.1 Å². The summed E-state index contributed by atoms with van der Waals surface area (Å²) in [6, 6.07) is 6.33. The Labute approximate surface area is 90.7 Å². The second-order valence-corrected chi connectivity index (χ2v) is 3.11. The molecule has 0 radical (unpaired) electrons. The Morgan fingerprint density at radius 2 is 2.12 bits per heavy atom. The number of anilines is 1. The van der Waals surface area contributed by atoms with Crippen LogP contribution in [0, 0.1) is 10.1 Å². The summed E-state index contributed by atoms with van der Waals surface area (Å²) in [5.74, 6) is 0.568. The van der Waals surface area contributed by atoms with Gasteiger partial charge in [0.25, 0.3) is 5.69 Å². The monoisotopic (exact) mass is 219 g/mol. The van der Waals surface area contributed by atoms with Crippen molar-refractivity contribution in [1.29, 1.82) is 0 Å². The van der Waals surface area contributed by atoms with Gasteiger partial charge in [0, 0.05) is 18.7 Å². The first-order valence-corrected chi connectivity index (χ1v) is 4.58. The van der Waals surface area contributed by atoms with Gasteiger partial charge in [-0.2, -0.15) is 5.10 Å². The van der Waals surface area contributed by atoms with Crippen molar-refractivity contribution in [3.05, 3.63) is 46.3 Å². The first-order chi connectivity index (χ1) is 7.75. The molecule has 0 saturated heterocycles. The van der Waals surface area contributed by atoms with Crippen LogP contribution in [0.15, 0.2) is 30.6 Å². The molecule has 82 valence electrons. The van der Waals surface area contributed by atoms with E-state index in [9.17, 15) is 10.1 Å². The number of non-ortho nitro benzene ring substituents is 1. The second kappa shape index (κ2) is 4.39. The van der Waals surface area contributed by atoms with Gasteiger partial charge in [0.15, 0.2) is 0 Å². The van der Waals surface area contributed by atoms with Gasteiger partial charge in [0.2, 0.25) is 5.95 Å². The average Bonchev–Trinajstić information content (AvgIpc) is 2.80. The van der Waals surface area contributed by atoms with Crippen molar-refractivity contribution < 1.29 is 4.92 Å². The molecule has 0 spiro atoms. The Morgan fingerprint density at radius 3 is 2.69 bits per heavy atom. The number of nitro benzene ring substituents is 1. The van der Waals surface area contributed by atoms with Crippen molar-refractivity contribution >= 4 is 11.6 Å². The predicted molar refractivity (Wildman–Crippen MR) is 56.8 cm³/mol. The number of nitro groups is 1. The minimum absolute atomic E-state index is 0.0865. The summed E-state index contributed by atoms with van der Waals surface area (Å²) in [6.45, 7) is 0.535. The van der Waals surface area contributed by atoms with E-state index in [4.69, 9.17) is 0 Å². The number of nitrogens with zero attached hydrogens (tertiary/aromatic N) is 3. The highest BCUT2D eigenvalue weighted by Crippen LogP contribution is 2.12. The van der Waals surface area contributed by atoms with Crippen LogP contribution in [0.4, 0.5) is 11.6 Å². The predicted octanol–water partition coefficient (Wildman–Crippen LogP) is 1.32. The highest BCUT2D eigenvalue weighted by molar-refractivity contribution is 5.34. The quantitative estimate of drug-likeness (QED) is 0.597. The Bertz CT molecular complexity index is 465. The van der Waals surface area contributed by atoms with Crippen LogP contribution in [0.1, 0.15) is 5.56 Å². The topological polar surface area (TPSA) is 96.7 Å². The van der Waals surface area contributed by atoms with Gasteiger partial charge in [-0.3, -0.25) is 10.1 Å². The number of H-pyrrole nitrogens is 1. The van der Waals surface area contributed by atoms with Gasteiger partial charge in [0.1, 0.15) is 6.33 Å². The van der Waals surface area contributed by atoms with Crippen LogP contribution in [0.5, 0.6) is 0 Å². The van der Waals surface area contributed by atoms with Crippen LogP contribution in [-0.4, -0.2) is 20.1 Å². The van der Waals surface area contributed by atoms with Crippen molar-refractivity contribution in [2.24, 2.45) is 0 Å². The van der Waals surface area contributed by atoms with Gasteiger partial charge < -0.3 is 5.32 Å². The molecule has 0 aliphatic carbocycles. The molecule has 0 atom stereocenters.